The Bertz CT molecular complexity index is 401. The molecule has 2 atom stereocenters. The summed E-state index contributed by atoms with van der Waals surface area (Å²) in [5.74, 6) is 2.15. The van der Waals surface area contributed by atoms with Crippen molar-refractivity contribution < 1.29 is 4.42 Å². The van der Waals surface area contributed by atoms with Crippen molar-refractivity contribution in [1.82, 2.24) is 9.80 Å². The average molecular weight is 248 g/mol. The quantitative estimate of drug-likeness (QED) is 0.820. The first kappa shape index (κ1) is 12.2. The van der Waals surface area contributed by atoms with Gasteiger partial charge in [-0.25, -0.2) is 0 Å². The molecule has 2 aliphatic rings. The number of aryl methyl sites for hydroxylation is 1. The normalized spacial score (nSPS) is 29.7. The van der Waals surface area contributed by atoms with Crippen molar-refractivity contribution in [2.24, 2.45) is 0 Å². The molecule has 1 aromatic rings. The van der Waals surface area contributed by atoms with Gasteiger partial charge in [0, 0.05) is 25.2 Å². The van der Waals surface area contributed by atoms with Gasteiger partial charge in [0.25, 0.3) is 0 Å². The average Bonchev–Trinajstić information content (AvgIpc) is 2.97. The van der Waals surface area contributed by atoms with Crippen LogP contribution >= 0.6 is 0 Å². The third-order valence-corrected chi connectivity index (χ3v) is 4.53. The SMILES string of the molecule is CCC1CN2CCCC2CN1Cc1ccc(C)o1. The van der Waals surface area contributed by atoms with Crippen LogP contribution in [-0.4, -0.2) is 41.5 Å². The van der Waals surface area contributed by atoms with E-state index in [0.29, 0.717) is 6.04 Å². The van der Waals surface area contributed by atoms with Gasteiger partial charge in [-0.15, -0.1) is 0 Å². The Morgan fingerprint density at radius 3 is 2.94 bits per heavy atom. The molecule has 3 rings (SSSR count). The first-order valence-electron chi connectivity index (χ1n) is 7.29. The molecule has 2 fully saturated rings. The van der Waals surface area contributed by atoms with Crippen LogP contribution in [0.1, 0.15) is 37.7 Å². The van der Waals surface area contributed by atoms with E-state index in [0.717, 1.165) is 24.1 Å². The molecule has 2 saturated heterocycles. The van der Waals surface area contributed by atoms with E-state index in [9.17, 15) is 0 Å². The summed E-state index contributed by atoms with van der Waals surface area (Å²) >= 11 is 0. The predicted octanol–water partition coefficient (Wildman–Crippen LogP) is 2.65. The highest BCUT2D eigenvalue weighted by atomic mass is 16.3. The van der Waals surface area contributed by atoms with E-state index in [1.54, 1.807) is 0 Å². The molecule has 3 heterocycles. The maximum atomic E-state index is 5.74. The predicted molar refractivity (Wildman–Crippen MR) is 72.5 cm³/mol. The molecule has 0 amide bonds. The molecule has 0 radical (unpaired) electrons. The molecular weight excluding hydrogens is 224 g/mol. The van der Waals surface area contributed by atoms with Gasteiger partial charge in [-0.2, -0.15) is 0 Å². The second-order valence-electron chi connectivity index (χ2n) is 5.79. The largest absolute Gasteiger partial charge is 0.465 e. The molecule has 3 nitrogen and oxygen atoms in total. The van der Waals surface area contributed by atoms with Gasteiger partial charge >= 0.3 is 0 Å². The maximum absolute atomic E-state index is 5.74. The Labute approximate surface area is 110 Å². The molecule has 1 aromatic heterocycles. The minimum absolute atomic E-state index is 0.699. The topological polar surface area (TPSA) is 19.6 Å². The number of hydrogen-bond donors (Lipinski definition) is 0. The molecule has 0 N–H and O–H groups in total. The summed E-state index contributed by atoms with van der Waals surface area (Å²) in [4.78, 5) is 5.32. The summed E-state index contributed by atoms with van der Waals surface area (Å²) in [6.07, 6.45) is 4.00. The van der Waals surface area contributed by atoms with Crippen molar-refractivity contribution in [2.75, 3.05) is 19.6 Å². The fourth-order valence-electron chi connectivity index (χ4n) is 3.50. The monoisotopic (exact) mass is 248 g/mol. The van der Waals surface area contributed by atoms with Crippen LogP contribution < -0.4 is 0 Å². The highest BCUT2D eigenvalue weighted by Crippen LogP contribution is 2.27. The number of fused-ring (bicyclic) bond motifs is 1. The number of rotatable bonds is 3. The van der Waals surface area contributed by atoms with Crippen LogP contribution in [0.3, 0.4) is 0 Å². The minimum atomic E-state index is 0.699. The molecular formula is C15H24N2O. The summed E-state index contributed by atoms with van der Waals surface area (Å²) in [6, 6.07) is 5.69. The molecule has 3 heteroatoms. The van der Waals surface area contributed by atoms with Crippen molar-refractivity contribution in [3.05, 3.63) is 23.7 Å². The second-order valence-corrected chi connectivity index (χ2v) is 5.79. The van der Waals surface area contributed by atoms with Crippen molar-refractivity contribution in [3.8, 4) is 0 Å². The zero-order valence-electron chi connectivity index (χ0n) is 11.6. The van der Waals surface area contributed by atoms with E-state index in [1.165, 1.54) is 38.9 Å². The van der Waals surface area contributed by atoms with Crippen molar-refractivity contribution >= 4 is 0 Å². The molecule has 0 aliphatic carbocycles. The molecule has 2 unspecified atom stereocenters. The third kappa shape index (κ3) is 2.34. The van der Waals surface area contributed by atoms with Crippen molar-refractivity contribution in [3.63, 3.8) is 0 Å². The summed E-state index contributed by atoms with van der Waals surface area (Å²) < 4.78 is 5.74. The van der Waals surface area contributed by atoms with Crippen LogP contribution in [0.25, 0.3) is 0 Å². The number of hydrogen-bond acceptors (Lipinski definition) is 3. The van der Waals surface area contributed by atoms with Crippen LogP contribution in [-0.2, 0) is 6.54 Å². The minimum Gasteiger partial charge on any atom is -0.465 e. The van der Waals surface area contributed by atoms with Gasteiger partial charge in [-0.05, 0) is 44.9 Å². The van der Waals surface area contributed by atoms with Gasteiger partial charge < -0.3 is 4.42 Å². The first-order valence-corrected chi connectivity index (χ1v) is 7.29. The van der Waals surface area contributed by atoms with Crippen LogP contribution in [0.15, 0.2) is 16.5 Å². The lowest BCUT2D eigenvalue weighted by Crippen LogP contribution is -2.55. The summed E-state index contributed by atoms with van der Waals surface area (Å²) in [7, 11) is 0. The Morgan fingerprint density at radius 1 is 1.33 bits per heavy atom. The van der Waals surface area contributed by atoms with Crippen LogP contribution in [0, 0.1) is 6.92 Å². The van der Waals surface area contributed by atoms with Gasteiger partial charge in [0.05, 0.1) is 6.54 Å². The Hall–Kier alpha value is -0.800. The van der Waals surface area contributed by atoms with E-state index in [1.807, 2.05) is 6.92 Å². The molecule has 0 bridgehead atoms. The molecule has 2 aliphatic heterocycles. The van der Waals surface area contributed by atoms with Crippen molar-refractivity contribution in [1.29, 1.82) is 0 Å². The standard InChI is InChI=1S/C15H24N2O/c1-3-13-9-16-8-4-5-14(16)10-17(13)11-15-7-6-12(2)18-15/h6-7,13-14H,3-5,8-11H2,1-2H3. The highest BCUT2D eigenvalue weighted by molar-refractivity contribution is 5.06. The Morgan fingerprint density at radius 2 is 2.22 bits per heavy atom. The molecule has 0 spiro atoms. The van der Waals surface area contributed by atoms with Crippen LogP contribution in [0.2, 0.25) is 0 Å². The highest BCUT2D eigenvalue weighted by Gasteiger charge is 2.35. The van der Waals surface area contributed by atoms with Gasteiger partial charge in [0.1, 0.15) is 11.5 Å². The maximum Gasteiger partial charge on any atom is 0.118 e. The molecule has 0 saturated carbocycles. The van der Waals surface area contributed by atoms with Crippen molar-refractivity contribution in [2.45, 2.75) is 51.7 Å². The number of piperazine rings is 1. The zero-order valence-corrected chi connectivity index (χ0v) is 11.6. The van der Waals surface area contributed by atoms with E-state index in [4.69, 9.17) is 4.42 Å². The molecule has 18 heavy (non-hydrogen) atoms. The van der Waals surface area contributed by atoms with E-state index >= 15 is 0 Å². The summed E-state index contributed by atoms with van der Waals surface area (Å²) in [5, 5.41) is 0. The van der Waals surface area contributed by atoms with Gasteiger partial charge in [0.15, 0.2) is 0 Å². The lowest BCUT2D eigenvalue weighted by atomic mass is 10.0. The number of furan rings is 1. The number of nitrogens with zero attached hydrogens (tertiary/aromatic N) is 2. The van der Waals surface area contributed by atoms with Gasteiger partial charge in [-0.1, -0.05) is 6.92 Å². The smallest absolute Gasteiger partial charge is 0.118 e. The van der Waals surface area contributed by atoms with E-state index in [-0.39, 0.29) is 0 Å². The lowest BCUT2D eigenvalue weighted by molar-refractivity contribution is 0.0391. The lowest BCUT2D eigenvalue weighted by Gasteiger charge is -2.43. The fourth-order valence-corrected chi connectivity index (χ4v) is 3.50. The van der Waals surface area contributed by atoms with Crippen LogP contribution in [0.4, 0.5) is 0 Å². The molecule has 0 aromatic carbocycles. The fraction of sp³-hybridized carbons (Fsp3) is 0.733. The molecule has 100 valence electrons. The summed E-state index contributed by atoms with van der Waals surface area (Å²) in [5.41, 5.74) is 0. The van der Waals surface area contributed by atoms with Gasteiger partial charge in [0.2, 0.25) is 0 Å². The zero-order chi connectivity index (χ0) is 12.5. The summed E-state index contributed by atoms with van der Waals surface area (Å²) in [6.45, 7) is 9.10. The third-order valence-electron chi connectivity index (χ3n) is 4.53. The van der Waals surface area contributed by atoms with Crippen LogP contribution in [0.5, 0.6) is 0 Å². The Kier molecular flexibility index (Phi) is 3.44. The second kappa shape index (κ2) is 5.06. The van der Waals surface area contributed by atoms with Gasteiger partial charge in [-0.3, -0.25) is 9.80 Å². The van der Waals surface area contributed by atoms with E-state index < -0.39 is 0 Å². The first-order chi connectivity index (χ1) is 8.76. The van der Waals surface area contributed by atoms with E-state index in [2.05, 4.69) is 28.9 Å². The Balaban J connectivity index is 1.69.